The van der Waals surface area contributed by atoms with Crippen molar-refractivity contribution in [1.82, 2.24) is 0 Å². The van der Waals surface area contributed by atoms with E-state index in [0.29, 0.717) is 26.2 Å². The van der Waals surface area contributed by atoms with Crippen LogP contribution in [0.4, 0.5) is 0 Å². The number of unbranched alkanes of at least 4 members (excludes halogenated alkanes) is 2. The van der Waals surface area contributed by atoms with Crippen LogP contribution in [0.25, 0.3) is 0 Å². The third-order valence-electron chi connectivity index (χ3n) is 9.36. The van der Waals surface area contributed by atoms with Crippen LogP contribution < -0.4 is 4.74 Å². The third-order valence-corrected chi connectivity index (χ3v) is 20.0. The Labute approximate surface area is 298 Å². The Kier molecular flexibility index (Phi) is 20.5. The predicted molar refractivity (Wildman–Crippen MR) is 203 cm³/mol. The Bertz CT molecular complexity index is 942. The average molecular weight is 745 g/mol. The molecule has 1 rings (SSSR count). The molecule has 0 aromatic heterocycles. The van der Waals surface area contributed by atoms with Crippen LogP contribution in [0.5, 0.6) is 5.75 Å². The monoisotopic (exact) mass is 742 g/mol. The summed E-state index contributed by atoms with van der Waals surface area (Å²) < 4.78 is 23.6. The molecule has 0 N–H and O–H groups in total. The maximum Gasteiger partial charge on any atom is 0.192 e. The second-order valence-electron chi connectivity index (χ2n) is 13.8. The Balaban J connectivity index is 2.50. The summed E-state index contributed by atoms with van der Waals surface area (Å²) in [6.07, 6.45) is 10.5. The first-order valence-electron chi connectivity index (χ1n) is 16.9. The van der Waals surface area contributed by atoms with Crippen LogP contribution in [0.1, 0.15) is 92.1 Å². The molecule has 1 aromatic carbocycles. The van der Waals surface area contributed by atoms with Crippen LogP contribution in [0.3, 0.4) is 0 Å². The van der Waals surface area contributed by atoms with Gasteiger partial charge in [0.1, 0.15) is 10.1 Å². The number of alkyl halides is 4. The maximum absolute atomic E-state index is 7.01. The summed E-state index contributed by atoms with van der Waals surface area (Å²) >= 11 is 27.0. The molecule has 4 nitrogen and oxygen atoms in total. The van der Waals surface area contributed by atoms with Gasteiger partial charge in [-0.1, -0.05) is 95.4 Å². The molecule has 45 heavy (non-hydrogen) atoms. The Morgan fingerprint density at radius 1 is 0.889 bits per heavy atom. The molecule has 0 saturated carbocycles. The number of allylic oxidation sites excluding steroid dienone is 2. The van der Waals surface area contributed by atoms with Gasteiger partial charge in [0.25, 0.3) is 0 Å². The minimum atomic E-state index is -1.87. The van der Waals surface area contributed by atoms with Gasteiger partial charge < -0.3 is 18.3 Å². The molecule has 0 spiro atoms. The van der Waals surface area contributed by atoms with Gasteiger partial charge in [0.05, 0.1) is 38.4 Å². The van der Waals surface area contributed by atoms with Gasteiger partial charge in [-0.2, -0.15) is 0 Å². The summed E-state index contributed by atoms with van der Waals surface area (Å²) in [4.78, 5) is 0. The average Bonchev–Trinajstić information content (AvgIpc) is 2.99. The van der Waals surface area contributed by atoms with Crippen molar-refractivity contribution in [2.24, 2.45) is 0 Å². The first-order chi connectivity index (χ1) is 21.0. The highest BCUT2D eigenvalue weighted by atomic mass is 35.5. The quantitative estimate of drug-likeness (QED) is 0.0457. The van der Waals surface area contributed by atoms with E-state index >= 15 is 0 Å². The summed E-state index contributed by atoms with van der Waals surface area (Å²) in [6.45, 7) is 19.2. The van der Waals surface area contributed by atoms with Crippen LogP contribution in [0.2, 0.25) is 36.3 Å². The van der Waals surface area contributed by atoms with Crippen molar-refractivity contribution in [3.8, 4) is 5.75 Å². The van der Waals surface area contributed by atoms with E-state index in [1.165, 1.54) is 0 Å². The van der Waals surface area contributed by atoms with E-state index in [9.17, 15) is 0 Å². The lowest BCUT2D eigenvalue weighted by atomic mass is 10.1. The van der Waals surface area contributed by atoms with Gasteiger partial charge in [-0.05, 0) is 92.5 Å². The third kappa shape index (κ3) is 16.9. The van der Waals surface area contributed by atoms with Crippen LogP contribution >= 0.6 is 46.4 Å². The zero-order valence-corrected chi connectivity index (χ0v) is 34.6. The number of halogens is 4. The summed E-state index contributed by atoms with van der Waals surface area (Å²) in [5.74, 6) is 0.834. The lowest BCUT2D eigenvalue weighted by molar-refractivity contribution is 0.0326. The van der Waals surface area contributed by atoms with Crippen molar-refractivity contribution < 1.29 is 18.3 Å². The molecule has 0 fully saturated rings. The number of ether oxygens (including phenoxy) is 2. The minimum absolute atomic E-state index is 0.0280. The minimum Gasteiger partial charge on any atom is -0.497 e. The van der Waals surface area contributed by atoms with Crippen molar-refractivity contribution in [3.63, 3.8) is 0 Å². The van der Waals surface area contributed by atoms with Gasteiger partial charge in [-0.15, -0.1) is 23.2 Å². The van der Waals surface area contributed by atoms with Crippen LogP contribution in [-0.2, 0) is 20.2 Å². The predicted octanol–water partition coefficient (Wildman–Crippen LogP) is 12.3. The number of rotatable bonds is 24. The van der Waals surface area contributed by atoms with Gasteiger partial charge in [0.15, 0.2) is 16.6 Å². The Morgan fingerprint density at radius 2 is 1.49 bits per heavy atom. The highest BCUT2D eigenvalue weighted by molar-refractivity contribution is 6.74. The topological polar surface area (TPSA) is 36.9 Å². The Morgan fingerprint density at radius 3 is 2.04 bits per heavy atom. The summed E-state index contributed by atoms with van der Waals surface area (Å²) in [5, 5.41) is -0.0980. The fourth-order valence-corrected chi connectivity index (χ4v) is 10.1. The molecule has 10 heteroatoms. The van der Waals surface area contributed by atoms with E-state index < -0.39 is 21.0 Å². The zero-order chi connectivity index (χ0) is 34.2. The standard InChI is InChI=1S/C35H62Cl4O4Si2/c1-10-45(11-2,12-3)43-33(27-41-26-29-20-22-31(40-7)23-21-29)32(37)25-30(36)19-17-15-13-14-16-18-24-35(38,39)28-42-44(8,9)34(4,5)6/h13,15,20-23,30,32-33H,10-12,14,16-19,24-28H2,1-9H3/b15-13-/t30-,32+,33-/m0/s1. The lowest BCUT2D eigenvalue weighted by Gasteiger charge is -2.37. The molecule has 3 atom stereocenters. The van der Waals surface area contributed by atoms with E-state index in [4.69, 9.17) is 64.7 Å². The lowest BCUT2D eigenvalue weighted by Crippen LogP contribution is -2.45. The largest absolute Gasteiger partial charge is 0.497 e. The van der Waals surface area contributed by atoms with Gasteiger partial charge >= 0.3 is 0 Å². The van der Waals surface area contributed by atoms with E-state index in [1.54, 1.807) is 7.11 Å². The first-order valence-corrected chi connectivity index (χ1v) is 23.9. The van der Waals surface area contributed by atoms with Crippen molar-refractivity contribution in [2.75, 3.05) is 20.3 Å². The van der Waals surface area contributed by atoms with Crippen molar-refractivity contribution in [1.29, 1.82) is 0 Å². The first kappa shape index (κ1) is 43.3. The van der Waals surface area contributed by atoms with Gasteiger partial charge in [0.2, 0.25) is 0 Å². The molecule has 1 aromatic rings. The summed E-state index contributed by atoms with van der Waals surface area (Å²) in [6, 6.07) is 11.1. The molecular weight excluding hydrogens is 682 g/mol. The zero-order valence-electron chi connectivity index (χ0n) is 29.5. The van der Waals surface area contributed by atoms with Crippen molar-refractivity contribution in [2.45, 2.75) is 151 Å². The molecule has 0 aliphatic carbocycles. The van der Waals surface area contributed by atoms with Crippen LogP contribution in [0, 0.1) is 0 Å². The maximum atomic E-state index is 7.01. The molecular formula is C35H62Cl4O4Si2. The molecule has 0 radical (unpaired) electrons. The second kappa shape index (κ2) is 21.3. The van der Waals surface area contributed by atoms with Gasteiger partial charge in [0, 0.05) is 5.38 Å². The molecule has 0 bridgehead atoms. The van der Waals surface area contributed by atoms with Gasteiger partial charge in [-0.3, -0.25) is 0 Å². The van der Waals surface area contributed by atoms with E-state index in [2.05, 4.69) is 66.8 Å². The fourth-order valence-electron chi connectivity index (χ4n) is 4.80. The summed E-state index contributed by atoms with van der Waals surface area (Å²) in [5.41, 5.74) is 1.09. The van der Waals surface area contributed by atoms with Gasteiger partial charge in [-0.25, -0.2) is 0 Å². The van der Waals surface area contributed by atoms with Crippen molar-refractivity contribution in [3.05, 3.63) is 42.0 Å². The highest BCUT2D eigenvalue weighted by Crippen LogP contribution is 2.39. The molecule has 0 unspecified atom stereocenters. The Hall–Kier alpha value is 0.234. The molecule has 0 heterocycles. The normalized spacial score (nSPS) is 15.4. The van der Waals surface area contributed by atoms with E-state index in [1.807, 2.05) is 24.3 Å². The number of hydrogen-bond acceptors (Lipinski definition) is 4. The smallest absolute Gasteiger partial charge is 0.192 e. The molecule has 0 amide bonds. The highest BCUT2D eigenvalue weighted by Gasteiger charge is 2.39. The number of benzene rings is 1. The summed E-state index contributed by atoms with van der Waals surface area (Å²) in [7, 11) is -2.07. The van der Waals surface area contributed by atoms with E-state index in [-0.39, 0.29) is 21.9 Å². The number of hydrogen-bond donors (Lipinski definition) is 0. The molecule has 0 aliphatic rings. The molecule has 0 saturated heterocycles. The van der Waals surface area contributed by atoms with Crippen LogP contribution in [-0.4, -0.2) is 58.1 Å². The fraction of sp³-hybridized carbons (Fsp3) is 0.771. The van der Waals surface area contributed by atoms with Crippen molar-refractivity contribution >= 4 is 63.0 Å². The van der Waals surface area contributed by atoms with Crippen LogP contribution in [0.15, 0.2) is 36.4 Å². The number of methoxy groups -OCH3 is 1. The molecule has 0 aliphatic heterocycles. The van der Waals surface area contributed by atoms with E-state index in [0.717, 1.165) is 68.0 Å². The SMILES string of the molecule is CC[Si](CC)(CC)O[C@@H](COCc1ccc(OC)cc1)[C@H](Cl)C[C@@H](Cl)CC/C=C\CCCCC(Cl)(Cl)CO[Si](C)(C)C(C)(C)C. The second-order valence-corrected chi connectivity index (χ2v) is 26.2. The molecule has 262 valence electrons.